The van der Waals surface area contributed by atoms with Gasteiger partial charge < -0.3 is 5.32 Å². The van der Waals surface area contributed by atoms with E-state index in [1.54, 1.807) is 0 Å². The molecule has 17 heavy (non-hydrogen) atoms. The third-order valence-corrected chi connectivity index (χ3v) is 3.04. The predicted molar refractivity (Wildman–Crippen MR) is 73.9 cm³/mol. The van der Waals surface area contributed by atoms with Gasteiger partial charge in [0.05, 0.1) is 5.69 Å². The van der Waals surface area contributed by atoms with Gasteiger partial charge >= 0.3 is 0 Å². The van der Waals surface area contributed by atoms with Crippen molar-refractivity contribution < 1.29 is 4.79 Å². The second kappa shape index (κ2) is 5.15. The lowest BCUT2D eigenvalue weighted by Crippen LogP contribution is -2.06. The quantitative estimate of drug-likeness (QED) is 0.887. The highest BCUT2D eigenvalue weighted by Gasteiger charge is 2.04. The molecular formula is C14H12BrNO. The first-order chi connectivity index (χ1) is 8.16. The van der Waals surface area contributed by atoms with Crippen LogP contribution in [0.3, 0.4) is 0 Å². The van der Waals surface area contributed by atoms with E-state index in [0.29, 0.717) is 0 Å². The van der Waals surface area contributed by atoms with Crippen LogP contribution in [0.25, 0.3) is 11.1 Å². The van der Waals surface area contributed by atoms with Gasteiger partial charge in [-0.2, -0.15) is 0 Å². The Morgan fingerprint density at radius 3 is 2.35 bits per heavy atom. The molecule has 2 rings (SSSR count). The molecule has 0 spiro atoms. The van der Waals surface area contributed by atoms with Gasteiger partial charge in [0.25, 0.3) is 0 Å². The average Bonchev–Trinajstić information content (AvgIpc) is 2.32. The van der Waals surface area contributed by atoms with Crippen LogP contribution in [0.5, 0.6) is 0 Å². The summed E-state index contributed by atoms with van der Waals surface area (Å²) in [4.78, 5) is 11.0. The number of hydrogen-bond donors (Lipinski definition) is 1. The number of hydrogen-bond acceptors (Lipinski definition) is 1. The van der Waals surface area contributed by atoms with Crippen LogP contribution in [0.1, 0.15) is 6.92 Å². The fraction of sp³-hybridized carbons (Fsp3) is 0.0714. The first-order valence-electron chi connectivity index (χ1n) is 5.29. The molecule has 1 amide bonds. The number of rotatable bonds is 2. The van der Waals surface area contributed by atoms with Crippen molar-refractivity contribution in [1.82, 2.24) is 0 Å². The third kappa shape index (κ3) is 2.94. The Morgan fingerprint density at radius 1 is 1.06 bits per heavy atom. The van der Waals surface area contributed by atoms with Crippen LogP contribution in [0.2, 0.25) is 0 Å². The van der Waals surface area contributed by atoms with Crippen molar-refractivity contribution in [3.8, 4) is 11.1 Å². The molecule has 0 saturated carbocycles. The van der Waals surface area contributed by atoms with Gasteiger partial charge in [-0.1, -0.05) is 36.4 Å². The maximum absolute atomic E-state index is 11.0. The smallest absolute Gasteiger partial charge is 0.221 e. The van der Waals surface area contributed by atoms with E-state index in [-0.39, 0.29) is 5.91 Å². The molecule has 0 aliphatic carbocycles. The molecule has 0 saturated heterocycles. The fourth-order valence-electron chi connectivity index (χ4n) is 1.62. The zero-order valence-electron chi connectivity index (χ0n) is 9.41. The van der Waals surface area contributed by atoms with E-state index in [1.807, 2.05) is 36.4 Å². The van der Waals surface area contributed by atoms with Crippen molar-refractivity contribution in [2.24, 2.45) is 0 Å². The highest BCUT2D eigenvalue weighted by atomic mass is 79.9. The molecule has 3 heteroatoms. The van der Waals surface area contributed by atoms with Crippen LogP contribution in [0, 0.1) is 0 Å². The largest absolute Gasteiger partial charge is 0.325 e. The minimum atomic E-state index is -0.0711. The van der Waals surface area contributed by atoms with Crippen LogP contribution in [-0.2, 0) is 4.79 Å². The lowest BCUT2D eigenvalue weighted by Gasteiger charge is -2.07. The van der Waals surface area contributed by atoms with Crippen LogP contribution in [0.4, 0.5) is 5.69 Å². The van der Waals surface area contributed by atoms with Crippen molar-refractivity contribution in [1.29, 1.82) is 0 Å². The van der Waals surface area contributed by atoms with Crippen molar-refractivity contribution in [3.63, 3.8) is 0 Å². The van der Waals surface area contributed by atoms with Crippen molar-refractivity contribution in [2.45, 2.75) is 6.92 Å². The monoisotopic (exact) mass is 289 g/mol. The maximum Gasteiger partial charge on any atom is 0.221 e. The van der Waals surface area contributed by atoms with Crippen molar-refractivity contribution >= 4 is 27.5 Å². The topological polar surface area (TPSA) is 29.1 Å². The van der Waals surface area contributed by atoms with E-state index >= 15 is 0 Å². The second-order valence-corrected chi connectivity index (χ2v) is 4.60. The minimum Gasteiger partial charge on any atom is -0.325 e. The lowest BCUT2D eigenvalue weighted by molar-refractivity contribution is -0.114. The first-order valence-corrected chi connectivity index (χ1v) is 6.08. The number of anilines is 1. The summed E-state index contributed by atoms with van der Waals surface area (Å²) in [7, 11) is 0. The number of carbonyl (C=O) groups is 1. The standard InChI is InChI=1S/C14H12BrNO/c1-10(17)16-14-8-7-12(9-13(14)15)11-5-3-2-4-6-11/h2-9H,1H3,(H,16,17). The van der Waals surface area contributed by atoms with E-state index in [2.05, 4.69) is 33.4 Å². The minimum absolute atomic E-state index is 0.0711. The Hall–Kier alpha value is -1.61. The molecule has 2 nitrogen and oxygen atoms in total. The van der Waals surface area contributed by atoms with Gasteiger partial charge in [-0.05, 0) is 39.2 Å². The first kappa shape index (κ1) is 11.9. The predicted octanol–water partition coefficient (Wildman–Crippen LogP) is 4.07. The summed E-state index contributed by atoms with van der Waals surface area (Å²) in [5.74, 6) is -0.0711. The van der Waals surface area contributed by atoms with Crippen LogP contribution in [-0.4, -0.2) is 5.91 Å². The van der Waals surface area contributed by atoms with Gasteiger partial charge in [0, 0.05) is 11.4 Å². The molecule has 0 atom stereocenters. The van der Waals surface area contributed by atoms with Gasteiger partial charge in [0.15, 0.2) is 0 Å². The number of benzene rings is 2. The Morgan fingerprint density at radius 2 is 1.76 bits per heavy atom. The molecule has 0 unspecified atom stereocenters. The summed E-state index contributed by atoms with van der Waals surface area (Å²) in [6, 6.07) is 16.0. The molecule has 86 valence electrons. The van der Waals surface area contributed by atoms with Gasteiger partial charge in [0.2, 0.25) is 5.91 Å². The molecule has 0 bridgehead atoms. The summed E-state index contributed by atoms with van der Waals surface area (Å²) >= 11 is 3.46. The maximum atomic E-state index is 11.0. The summed E-state index contributed by atoms with van der Waals surface area (Å²) in [5, 5.41) is 2.77. The highest BCUT2D eigenvalue weighted by Crippen LogP contribution is 2.28. The molecule has 2 aromatic carbocycles. The molecule has 0 radical (unpaired) electrons. The Kier molecular flexibility index (Phi) is 3.59. The number of carbonyl (C=O) groups excluding carboxylic acids is 1. The molecule has 2 aromatic rings. The number of nitrogens with one attached hydrogen (secondary N) is 1. The Balaban J connectivity index is 2.34. The van der Waals surface area contributed by atoms with Crippen molar-refractivity contribution in [3.05, 3.63) is 53.0 Å². The molecule has 0 aliphatic heterocycles. The lowest BCUT2D eigenvalue weighted by atomic mass is 10.1. The molecule has 0 fully saturated rings. The number of amides is 1. The summed E-state index contributed by atoms with van der Waals surface area (Å²) in [6.45, 7) is 1.50. The number of halogens is 1. The Bertz CT molecular complexity index is 537. The molecular weight excluding hydrogens is 278 g/mol. The van der Waals surface area contributed by atoms with Gasteiger partial charge in [-0.3, -0.25) is 4.79 Å². The normalized spacial score (nSPS) is 10.0. The van der Waals surface area contributed by atoms with Crippen LogP contribution in [0.15, 0.2) is 53.0 Å². The molecule has 0 aromatic heterocycles. The molecule has 1 N–H and O–H groups in total. The molecule has 0 aliphatic rings. The third-order valence-electron chi connectivity index (χ3n) is 2.39. The summed E-state index contributed by atoms with van der Waals surface area (Å²) in [5.41, 5.74) is 3.06. The average molecular weight is 290 g/mol. The fourth-order valence-corrected chi connectivity index (χ4v) is 2.09. The van der Waals surface area contributed by atoms with E-state index in [1.165, 1.54) is 6.92 Å². The second-order valence-electron chi connectivity index (χ2n) is 3.74. The van der Waals surface area contributed by atoms with Gasteiger partial charge in [-0.25, -0.2) is 0 Å². The zero-order valence-corrected chi connectivity index (χ0v) is 11.0. The van der Waals surface area contributed by atoms with Crippen LogP contribution < -0.4 is 5.32 Å². The van der Waals surface area contributed by atoms with E-state index in [9.17, 15) is 4.79 Å². The zero-order chi connectivity index (χ0) is 12.3. The van der Waals surface area contributed by atoms with E-state index in [4.69, 9.17) is 0 Å². The summed E-state index contributed by atoms with van der Waals surface area (Å²) < 4.78 is 0.883. The van der Waals surface area contributed by atoms with Crippen molar-refractivity contribution in [2.75, 3.05) is 5.32 Å². The van der Waals surface area contributed by atoms with E-state index in [0.717, 1.165) is 21.3 Å². The summed E-state index contributed by atoms with van der Waals surface area (Å²) in [6.07, 6.45) is 0. The van der Waals surface area contributed by atoms with Gasteiger partial charge in [0.1, 0.15) is 0 Å². The van der Waals surface area contributed by atoms with Gasteiger partial charge in [-0.15, -0.1) is 0 Å². The van der Waals surface area contributed by atoms with E-state index < -0.39 is 0 Å². The Labute approximate surface area is 109 Å². The SMILES string of the molecule is CC(=O)Nc1ccc(-c2ccccc2)cc1Br. The highest BCUT2D eigenvalue weighted by molar-refractivity contribution is 9.10. The molecule has 0 heterocycles. The van der Waals surface area contributed by atoms with Crippen LogP contribution >= 0.6 is 15.9 Å².